The minimum atomic E-state index is 0.432. The molecule has 2 nitrogen and oxygen atoms in total. The van der Waals surface area contributed by atoms with Crippen molar-refractivity contribution in [2.24, 2.45) is 5.92 Å². The zero-order chi connectivity index (χ0) is 12.3. The number of thiophene rings is 1. The predicted molar refractivity (Wildman–Crippen MR) is 74.9 cm³/mol. The molecular formula is C14H22N2S. The molecule has 17 heavy (non-hydrogen) atoms. The van der Waals surface area contributed by atoms with Crippen LogP contribution < -0.4 is 0 Å². The van der Waals surface area contributed by atoms with Gasteiger partial charge in [0.05, 0.1) is 5.84 Å². The molecule has 1 aliphatic rings. The van der Waals surface area contributed by atoms with Crippen LogP contribution >= 0.6 is 11.3 Å². The van der Waals surface area contributed by atoms with Gasteiger partial charge in [0.25, 0.3) is 0 Å². The van der Waals surface area contributed by atoms with Crippen LogP contribution in [0.25, 0.3) is 0 Å². The Morgan fingerprint density at radius 2 is 2.24 bits per heavy atom. The van der Waals surface area contributed by atoms with Crippen LogP contribution in [0.4, 0.5) is 0 Å². The van der Waals surface area contributed by atoms with Crippen LogP contribution in [-0.4, -0.2) is 23.8 Å². The third-order valence-corrected chi connectivity index (χ3v) is 4.76. The van der Waals surface area contributed by atoms with Crippen molar-refractivity contribution >= 4 is 17.2 Å². The van der Waals surface area contributed by atoms with Gasteiger partial charge in [-0.1, -0.05) is 18.9 Å². The van der Waals surface area contributed by atoms with E-state index in [2.05, 4.69) is 36.4 Å². The summed E-state index contributed by atoms with van der Waals surface area (Å²) in [6, 6.07) is 4.73. The molecule has 0 radical (unpaired) electrons. The van der Waals surface area contributed by atoms with Gasteiger partial charge in [0.2, 0.25) is 0 Å². The molecule has 94 valence electrons. The molecule has 1 heterocycles. The summed E-state index contributed by atoms with van der Waals surface area (Å²) in [5, 5.41) is 10.4. The number of hydrogen-bond acceptors (Lipinski definition) is 2. The fraction of sp³-hybridized carbons (Fsp3) is 0.643. The molecule has 1 N–H and O–H groups in total. The normalized spacial score (nSPS) is 18.2. The zero-order valence-corrected chi connectivity index (χ0v) is 11.6. The molecule has 0 aromatic carbocycles. The molecular weight excluding hydrogens is 228 g/mol. The summed E-state index contributed by atoms with van der Waals surface area (Å²) in [6.45, 7) is 2.23. The van der Waals surface area contributed by atoms with E-state index < -0.39 is 0 Å². The van der Waals surface area contributed by atoms with E-state index >= 15 is 0 Å². The van der Waals surface area contributed by atoms with E-state index in [0.29, 0.717) is 12.0 Å². The number of likely N-dealkylation sites (N-methyl/N-ethyl adjacent to an activating group) is 1. The minimum absolute atomic E-state index is 0.432. The van der Waals surface area contributed by atoms with Gasteiger partial charge in [0.15, 0.2) is 0 Å². The molecule has 1 unspecified atom stereocenters. The van der Waals surface area contributed by atoms with Crippen molar-refractivity contribution in [1.29, 1.82) is 5.41 Å². The molecule has 1 fully saturated rings. The lowest BCUT2D eigenvalue weighted by Crippen LogP contribution is -2.39. The summed E-state index contributed by atoms with van der Waals surface area (Å²) in [7, 11) is 2.08. The van der Waals surface area contributed by atoms with Gasteiger partial charge in [-0.3, -0.25) is 5.41 Å². The van der Waals surface area contributed by atoms with E-state index in [-0.39, 0.29) is 0 Å². The summed E-state index contributed by atoms with van der Waals surface area (Å²) in [5.74, 6) is 1.37. The van der Waals surface area contributed by atoms with Crippen LogP contribution in [0.1, 0.15) is 37.5 Å². The molecule has 0 bridgehead atoms. The SMILES string of the molecule is CC(Cc1cccs1)N(C)C(=N)C1CCCC1. The van der Waals surface area contributed by atoms with Crippen molar-refractivity contribution in [1.82, 2.24) is 4.90 Å². The van der Waals surface area contributed by atoms with Gasteiger partial charge in [-0.25, -0.2) is 0 Å². The maximum atomic E-state index is 8.28. The van der Waals surface area contributed by atoms with Gasteiger partial charge < -0.3 is 4.90 Å². The topological polar surface area (TPSA) is 27.1 Å². The first-order valence-electron chi connectivity index (χ1n) is 6.52. The summed E-state index contributed by atoms with van der Waals surface area (Å²) >= 11 is 1.82. The summed E-state index contributed by atoms with van der Waals surface area (Å²) in [6.07, 6.45) is 6.10. The monoisotopic (exact) mass is 250 g/mol. The van der Waals surface area contributed by atoms with Gasteiger partial charge in [0.1, 0.15) is 0 Å². The standard InChI is InChI=1S/C14H22N2S/c1-11(10-13-8-5-9-17-13)16(2)14(15)12-6-3-4-7-12/h5,8-9,11-12,15H,3-4,6-7,10H2,1-2H3. The second kappa shape index (κ2) is 5.67. The Labute approximate surface area is 108 Å². The molecule has 0 aliphatic heterocycles. The highest BCUT2D eigenvalue weighted by atomic mass is 32.1. The number of nitrogens with one attached hydrogen (secondary N) is 1. The molecule has 2 rings (SSSR count). The van der Waals surface area contributed by atoms with Gasteiger partial charge in [-0.2, -0.15) is 0 Å². The Kier molecular flexibility index (Phi) is 4.21. The van der Waals surface area contributed by atoms with Gasteiger partial charge in [-0.15, -0.1) is 11.3 Å². The van der Waals surface area contributed by atoms with Crippen molar-refractivity contribution in [2.45, 2.75) is 45.1 Å². The number of nitrogens with zero attached hydrogens (tertiary/aromatic N) is 1. The Bertz CT molecular complexity index is 352. The van der Waals surface area contributed by atoms with E-state index in [0.717, 1.165) is 12.3 Å². The van der Waals surface area contributed by atoms with Crippen LogP contribution in [0, 0.1) is 11.3 Å². The van der Waals surface area contributed by atoms with Gasteiger partial charge in [-0.05, 0) is 31.2 Å². The minimum Gasteiger partial charge on any atom is -0.360 e. The molecule has 1 atom stereocenters. The average molecular weight is 250 g/mol. The smallest absolute Gasteiger partial charge is 0.0989 e. The van der Waals surface area contributed by atoms with Crippen LogP contribution in [0.5, 0.6) is 0 Å². The highest BCUT2D eigenvalue weighted by molar-refractivity contribution is 7.09. The molecule has 1 aromatic rings. The largest absolute Gasteiger partial charge is 0.360 e. The molecule has 3 heteroatoms. The van der Waals surface area contributed by atoms with E-state index in [1.807, 2.05) is 11.3 Å². The van der Waals surface area contributed by atoms with Crippen molar-refractivity contribution < 1.29 is 0 Å². The quantitative estimate of drug-likeness (QED) is 0.639. The van der Waals surface area contributed by atoms with Crippen LogP contribution in [0.15, 0.2) is 17.5 Å². The first-order chi connectivity index (χ1) is 8.18. The fourth-order valence-corrected chi connectivity index (χ4v) is 3.41. The average Bonchev–Trinajstić information content (AvgIpc) is 2.99. The number of amidine groups is 1. The van der Waals surface area contributed by atoms with E-state index in [4.69, 9.17) is 5.41 Å². The highest BCUT2D eigenvalue weighted by Gasteiger charge is 2.24. The lowest BCUT2D eigenvalue weighted by atomic mass is 10.0. The third kappa shape index (κ3) is 3.09. The maximum Gasteiger partial charge on any atom is 0.0989 e. The first kappa shape index (κ1) is 12.6. The Morgan fingerprint density at radius 1 is 1.53 bits per heavy atom. The number of rotatable bonds is 4. The number of hydrogen-bond donors (Lipinski definition) is 1. The van der Waals surface area contributed by atoms with Gasteiger partial charge in [0, 0.05) is 30.3 Å². The molecule has 1 aliphatic carbocycles. The van der Waals surface area contributed by atoms with Crippen molar-refractivity contribution in [3.63, 3.8) is 0 Å². The Hall–Kier alpha value is -0.830. The molecule has 0 spiro atoms. The lowest BCUT2D eigenvalue weighted by molar-refractivity contribution is 0.365. The Balaban J connectivity index is 1.89. The van der Waals surface area contributed by atoms with Crippen LogP contribution in [0.2, 0.25) is 0 Å². The first-order valence-corrected chi connectivity index (χ1v) is 7.40. The zero-order valence-electron chi connectivity index (χ0n) is 10.8. The van der Waals surface area contributed by atoms with Crippen LogP contribution in [-0.2, 0) is 6.42 Å². The Morgan fingerprint density at radius 3 is 2.82 bits per heavy atom. The summed E-state index contributed by atoms with van der Waals surface area (Å²) in [5.41, 5.74) is 0. The fourth-order valence-electron chi connectivity index (χ4n) is 2.58. The van der Waals surface area contributed by atoms with Gasteiger partial charge >= 0.3 is 0 Å². The highest BCUT2D eigenvalue weighted by Crippen LogP contribution is 2.27. The predicted octanol–water partition coefficient (Wildman–Crippen LogP) is 3.78. The van der Waals surface area contributed by atoms with Crippen molar-refractivity contribution in [3.05, 3.63) is 22.4 Å². The molecule has 0 amide bonds. The third-order valence-electron chi connectivity index (χ3n) is 3.86. The van der Waals surface area contributed by atoms with E-state index in [1.54, 1.807) is 0 Å². The second-order valence-electron chi connectivity index (χ2n) is 5.11. The van der Waals surface area contributed by atoms with E-state index in [9.17, 15) is 0 Å². The summed E-state index contributed by atoms with van der Waals surface area (Å²) < 4.78 is 0. The van der Waals surface area contributed by atoms with E-state index in [1.165, 1.54) is 30.6 Å². The second-order valence-corrected chi connectivity index (χ2v) is 6.14. The molecule has 1 aromatic heterocycles. The van der Waals surface area contributed by atoms with Crippen molar-refractivity contribution in [2.75, 3.05) is 7.05 Å². The molecule has 0 saturated heterocycles. The lowest BCUT2D eigenvalue weighted by Gasteiger charge is -2.30. The maximum absolute atomic E-state index is 8.28. The summed E-state index contributed by atoms with van der Waals surface area (Å²) in [4.78, 5) is 3.60. The molecule has 1 saturated carbocycles. The van der Waals surface area contributed by atoms with Crippen molar-refractivity contribution in [3.8, 4) is 0 Å². The van der Waals surface area contributed by atoms with Crippen LogP contribution in [0.3, 0.4) is 0 Å².